The lowest BCUT2D eigenvalue weighted by Crippen LogP contribution is -2.51. The number of aromatic nitrogens is 3. The third-order valence-electron chi connectivity index (χ3n) is 9.78. The highest BCUT2D eigenvalue weighted by molar-refractivity contribution is 7.16. The van der Waals surface area contributed by atoms with Crippen LogP contribution in [0.3, 0.4) is 0 Å². The summed E-state index contributed by atoms with van der Waals surface area (Å²) in [5, 5.41) is 27.5. The number of nitriles is 1. The number of aliphatic hydroxyl groups is 1. The number of likely N-dealkylation sites (tertiary alicyclic amines) is 1. The van der Waals surface area contributed by atoms with E-state index in [1.807, 2.05) is 11.9 Å². The number of thiophene rings is 1. The molecule has 1 saturated heterocycles. The molecule has 3 aliphatic rings. The van der Waals surface area contributed by atoms with Gasteiger partial charge in [0.25, 0.3) is 0 Å². The summed E-state index contributed by atoms with van der Waals surface area (Å²) in [5.74, 6) is 8.86. The molecule has 0 radical (unpaired) electrons. The van der Waals surface area contributed by atoms with E-state index in [9.17, 15) is 10.4 Å². The number of hydrogen-bond donors (Lipinski definition) is 4. The number of anilines is 4. The maximum absolute atomic E-state index is 10.6. The molecule has 3 aromatic heterocycles. The van der Waals surface area contributed by atoms with Crippen molar-refractivity contribution in [3.63, 3.8) is 0 Å². The van der Waals surface area contributed by atoms with Crippen molar-refractivity contribution in [3.05, 3.63) is 27.3 Å². The summed E-state index contributed by atoms with van der Waals surface area (Å²) in [5.41, 5.74) is 15.1. The average molecular weight is 621 g/mol. The van der Waals surface area contributed by atoms with Gasteiger partial charge < -0.3 is 30.9 Å². The van der Waals surface area contributed by atoms with Gasteiger partial charge in [0.2, 0.25) is 0 Å². The van der Waals surface area contributed by atoms with E-state index in [1.165, 1.54) is 16.2 Å². The lowest BCUT2D eigenvalue weighted by molar-refractivity contribution is 0.0885. The number of aryl methyl sites for hydroxylation is 1. The highest BCUT2D eigenvalue weighted by atomic mass is 32.1. The van der Waals surface area contributed by atoms with Crippen LogP contribution in [0.2, 0.25) is 0 Å². The van der Waals surface area contributed by atoms with Crippen molar-refractivity contribution in [1.29, 1.82) is 5.26 Å². The number of nitrogen functional groups attached to an aromatic ring is 2. The molecule has 6 rings (SSSR count). The topological polar surface area (TPSA) is 184 Å². The third kappa shape index (κ3) is 4.98. The highest BCUT2D eigenvalue weighted by Gasteiger charge is 2.49. The van der Waals surface area contributed by atoms with Crippen molar-refractivity contribution in [3.8, 4) is 17.6 Å². The Balaban J connectivity index is 1.49. The quantitative estimate of drug-likeness (QED) is 0.223. The summed E-state index contributed by atoms with van der Waals surface area (Å²) in [7, 11) is 3.97. The first-order chi connectivity index (χ1) is 20.9. The second-order valence-corrected chi connectivity index (χ2v) is 14.6. The molecule has 1 fully saturated rings. The molecule has 12 nitrogen and oxygen atoms in total. The minimum Gasteiger partial charge on any atom is -0.393 e. The van der Waals surface area contributed by atoms with Gasteiger partial charge in [-0.1, -0.05) is 5.16 Å². The standard InChI is InChI=1S/C31H44N10O2S/c1-17(20-10-8-14-39(20)4)41(35)29-23(33)28(40(5)16-30(2,3)42)36-27(37-29)24-18-9-6-12-31(25(18)43-38-24)13-7-11-21-22(31)19(15-32)26(34)44-21/h17,20,42H,6-14,16,33-35H2,1-5H3. The van der Waals surface area contributed by atoms with Crippen LogP contribution in [-0.4, -0.2) is 70.0 Å². The smallest absolute Gasteiger partial charge is 0.186 e. The fourth-order valence-corrected chi connectivity index (χ4v) is 9.00. The Hall–Kier alpha value is -3.44. The van der Waals surface area contributed by atoms with Crippen molar-refractivity contribution in [2.45, 2.75) is 95.2 Å². The van der Waals surface area contributed by atoms with Crippen molar-refractivity contribution in [2.24, 2.45) is 5.84 Å². The number of nitrogens with two attached hydrogens (primary N) is 3. The first-order valence-corrected chi connectivity index (χ1v) is 16.3. The van der Waals surface area contributed by atoms with Crippen LogP contribution in [0.4, 0.5) is 22.3 Å². The minimum absolute atomic E-state index is 0.0661. The van der Waals surface area contributed by atoms with Gasteiger partial charge in [0.15, 0.2) is 28.9 Å². The summed E-state index contributed by atoms with van der Waals surface area (Å²) in [6.45, 7) is 6.89. The molecule has 0 bridgehead atoms. The van der Waals surface area contributed by atoms with Crippen LogP contribution in [0.1, 0.15) is 86.6 Å². The average Bonchev–Trinajstić information content (AvgIpc) is 3.68. The number of hydrogen-bond acceptors (Lipinski definition) is 13. The van der Waals surface area contributed by atoms with E-state index in [2.05, 4.69) is 30.1 Å². The zero-order chi connectivity index (χ0) is 31.6. The largest absolute Gasteiger partial charge is 0.393 e. The van der Waals surface area contributed by atoms with Gasteiger partial charge >= 0.3 is 0 Å². The van der Waals surface area contributed by atoms with Gasteiger partial charge in [-0.05, 0) is 91.3 Å². The minimum atomic E-state index is -0.992. The normalized spacial score (nSPS) is 22.5. The van der Waals surface area contributed by atoms with Gasteiger partial charge in [-0.2, -0.15) is 5.26 Å². The van der Waals surface area contributed by atoms with Gasteiger partial charge in [-0.15, -0.1) is 11.3 Å². The Morgan fingerprint density at radius 3 is 2.57 bits per heavy atom. The molecule has 0 amide bonds. The molecule has 44 heavy (non-hydrogen) atoms. The summed E-state index contributed by atoms with van der Waals surface area (Å²) in [4.78, 5) is 15.2. The van der Waals surface area contributed by atoms with Crippen LogP contribution < -0.4 is 27.2 Å². The van der Waals surface area contributed by atoms with E-state index in [0.717, 1.165) is 74.8 Å². The van der Waals surface area contributed by atoms with Gasteiger partial charge in [-0.3, -0.25) is 5.01 Å². The van der Waals surface area contributed by atoms with Crippen LogP contribution in [0.5, 0.6) is 0 Å². The molecule has 1 aliphatic heterocycles. The molecule has 0 saturated carbocycles. The van der Waals surface area contributed by atoms with E-state index >= 15 is 0 Å². The van der Waals surface area contributed by atoms with E-state index in [4.69, 9.17) is 31.8 Å². The van der Waals surface area contributed by atoms with Crippen LogP contribution in [0.25, 0.3) is 11.5 Å². The number of likely N-dealkylation sites (N-methyl/N-ethyl adjacent to an activating group) is 2. The monoisotopic (exact) mass is 620 g/mol. The lowest BCUT2D eigenvalue weighted by atomic mass is 9.63. The van der Waals surface area contributed by atoms with Crippen molar-refractivity contribution >= 4 is 33.7 Å². The van der Waals surface area contributed by atoms with Crippen LogP contribution in [-0.2, 0) is 18.3 Å². The molecule has 236 valence electrons. The van der Waals surface area contributed by atoms with Crippen LogP contribution >= 0.6 is 11.3 Å². The van der Waals surface area contributed by atoms with Gasteiger partial charge in [-0.25, -0.2) is 15.8 Å². The Kier molecular flexibility index (Phi) is 7.76. The zero-order valence-electron chi connectivity index (χ0n) is 26.4. The number of rotatable bonds is 7. The first-order valence-electron chi connectivity index (χ1n) is 15.5. The first kappa shape index (κ1) is 30.6. The Bertz CT molecular complexity index is 1600. The SMILES string of the molecule is CC(C1CCCN1C)N(N)c1nc(-c2noc3c2CCCC32CCCc3sc(N)c(C#N)c32)nc(N(C)CC(C)(C)O)c1N. The van der Waals surface area contributed by atoms with Gasteiger partial charge in [0, 0.05) is 30.1 Å². The molecule has 4 heterocycles. The van der Waals surface area contributed by atoms with Gasteiger partial charge in [0.1, 0.15) is 16.8 Å². The highest BCUT2D eigenvalue weighted by Crippen LogP contribution is 2.55. The summed E-state index contributed by atoms with van der Waals surface area (Å²) >= 11 is 1.52. The predicted octanol–water partition coefficient (Wildman–Crippen LogP) is 3.56. The van der Waals surface area contributed by atoms with Crippen LogP contribution in [0.15, 0.2) is 4.52 Å². The van der Waals surface area contributed by atoms with Gasteiger partial charge in [0.05, 0.1) is 22.6 Å². The van der Waals surface area contributed by atoms with E-state index in [-0.39, 0.29) is 18.6 Å². The second kappa shape index (κ2) is 11.2. The number of fused-ring (bicyclic) bond motifs is 4. The van der Waals surface area contributed by atoms with Crippen molar-refractivity contribution in [1.82, 2.24) is 20.0 Å². The molecule has 3 aromatic rings. The summed E-state index contributed by atoms with van der Waals surface area (Å²) in [6, 6.07) is 2.57. The molecule has 0 aromatic carbocycles. The maximum atomic E-state index is 10.6. The van der Waals surface area contributed by atoms with Crippen LogP contribution in [0, 0.1) is 11.3 Å². The molecule has 3 atom stereocenters. The van der Waals surface area contributed by atoms with E-state index in [1.54, 1.807) is 18.9 Å². The molecule has 3 unspecified atom stereocenters. The van der Waals surface area contributed by atoms with E-state index in [0.29, 0.717) is 39.4 Å². The molecule has 2 aliphatic carbocycles. The molecule has 13 heteroatoms. The Labute approximate surface area is 262 Å². The maximum Gasteiger partial charge on any atom is 0.186 e. The zero-order valence-corrected chi connectivity index (χ0v) is 27.2. The fourth-order valence-electron chi connectivity index (χ4n) is 7.84. The Morgan fingerprint density at radius 2 is 1.91 bits per heavy atom. The Morgan fingerprint density at radius 1 is 1.20 bits per heavy atom. The van der Waals surface area contributed by atoms with Crippen molar-refractivity contribution in [2.75, 3.05) is 48.6 Å². The summed E-state index contributed by atoms with van der Waals surface area (Å²) < 4.78 is 6.24. The van der Waals surface area contributed by atoms with E-state index < -0.39 is 11.0 Å². The second-order valence-electron chi connectivity index (χ2n) is 13.5. The molecular weight excluding hydrogens is 576 g/mol. The lowest BCUT2D eigenvalue weighted by Gasteiger charge is -2.39. The molecule has 7 N–H and O–H groups in total. The predicted molar refractivity (Wildman–Crippen MR) is 173 cm³/mol. The number of nitrogens with zero attached hydrogens (tertiary/aromatic N) is 7. The number of hydrazine groups is 1. The fraction of sp³-hybridized carbons (Fsp3) is 0.613. The van der Waals surface area contributed by atoms with Crippen molar-refractivity contribution < 1.29 is 9.63 Å². The third-order valence-corrected chi connectivity index (χ3v) is 10.9. The molecule has 1 spiro atoms. The molecular formula is C31H44N10O2S. The summed E-state index contributed by atoms with van der Waals surface area (Å²) in [6.07, 6.45) is 7.42.